The summed E-state index contributed by atoms with van der Waals surface area (Å²) < 4.78 is 4.99. The molecule has 0 bridgehead atoms. The topological polar surface area (TPSA) is 64.7 Å². The molecule has 2 N–H and O–H groups in total. The number of nitrogens with two attached hydrogens (primary N) is 1. The Balaban J connectivity index is 2.44. The Kier molecular flexibility index (Phi) is 1.73. The SMILES string of the molecule is NN=C1Cc2ccccc2OC1=O. The van der Waals surface area contributed by atoms with E-state index in [0.717, 1.165) is 5.56 Å². The molecule has 1 heterocycles. The molecule has 66 valence electrons. The summed E-state index contributed by atoms with van der Waals surface area (Å²) in [6.45, 7) is 0. The lowest BCUT2D eigenvalue weighted by Gasteiger charge is -2.15. The number of hydrogen-bond acceptors (Lipinski definition) is 4. The van der Waals surface area contributed by atoms with Crippen LogP contribution in [-0.2, 0) is 11.2 Å². The standard InChI is InChI=1S/C9H8N2O2/c10-11-7-5-6-3-1-2-4-8(6)13-9(7)12/h1-4H,5,10H2. The zero-order valence-electron chi connectivity index (χ0n) is 6.86. The van der Waals surface area contributed by atoms with Crippen molar-refractivity contribution in [3.05, 3.63) is 29.8 Å². The summed E-state index contributed by atoms with van der Waals surface area (Å²) in [5, 5.41) is 3.37. The van der Waals surface area contributed by atoms with Gasteiger partial charge in [0.2, 0.25) is 0 Å². The van der Waals surface area contributed by atoms with Gasteiger partial charge in [0, 0.05) is 12.0 Å². The summed E-state index contributed by atoms with van der Waals surface area (Å²) in [7, 11) is 0. The molecule has 0 unspecified atom stereocenters. The Morgan fingerprint density at radius 1 is 1.38 bits per heavy atom. The first kappa shape index (κ1) is 7.79. The molecule has 1 aromatic carbocycles. The van der Waals surface area contributed by atoms with Crippen molar-refractivity contribution in [2.24, 2.45) is 10.9 Å². The predicted molar refractivity (Wildman–Crippen MR) is 47.4 cm³/mol. The molecule has 0 fully saturated rings. The number of para-hydroxylation sites is 1. The maximum Gasteiger partial charge on any atom is 0.360 e. The van der Waals surface area contributed by atoms with Crippen molar-refractivity contribution in [1.82, 2.24) is 0 Å². The zero-order chi connectivity index (χ0) is 9.26. The fourth-order valence-electron chi connectivity index (χ4n) is 1.26. The van der Waals surface area contributed by atoms with Gasteiger partial charge in [-0.25, -0.2) is 4.79 Å². The summed E-state index contributed by atoms with van der Waals surface area (Å²) in [6.07, 6.45) is 0.450. The minimum atomic E-state index is -0.457. The van der Waals surface area contributed by atoms with Crippen molar-refractivity contribution in [3.63, 3.8) is 0 Å². The molecule has 0 amide bonds. The van der Waals surface area contributed by atoms with Crippen LogP contribution in [0.15, 0.2) is 29.4 Å². The van der Waals surface area contributed by atoms with E-state index in [1.54, 1.807) is 6.07 Å². The first-order valence-electron chi connectivity index (χ1n) is 3.88. The third kappa shape index (κ3) is 1.26. The predicted octanol–water partition coefficient (Wildman–Crippen LogP) is 0.463. The Hall–Kier alpha value is -1.84. The van der Waals surface area contributed by atoms with Crippen LogP contribution in [0.3, 0.4) is 0 Å². The number of hydrogen-bond donors (Lipinski definition) is 1. The van der Waals surface area contributed by atoms with Crippen LogP contribution < -0.4 is 10.6 Å². The highest BCUT2D eigenvalue weighted by Crippen LogP contribution is 2.22. The molecule has 0 atom stereocenters. The highest BCUT2D eigenvalue weighted by Gasteiger charge is 2.22. The summed E-state index contributed by atoms with van der Waals surface area (Å²) in [4.78, 5) is 11.2. The molecule has 13 heavy (non-hydrogen) atoms. The first-order chi connectivity index (χ1) is 6.31. The average Bonchev–Trinajstić information content (AvgIpc) is 2.17. The molecule has 0 saturated heterocycles. The Labute approximate surface area is 75.0 Å². The molecule has 1 aliphatic rings. The van der Waals surface area contributed by atoms with Crippen LogP contribution >= 0.6 is 0 Å². The van der Waals surface area contributed by atoms with Crippen LogP contribution in [0.5, 0.6) is 5.75 Å². The molecular weight excluding hydrogens is 168 g/mol. The van der Waals surface area contributed by atoms with Crippen LogP contribution in [0.1, 0.15) is 5.56 Å². The smallest absolute Gasteiger partial charge is 0.360 e. The summed E-state index contributed by atoms with van der Waals surface area (Å²) in [6, 6.07) is 7.33. The average molecular weight is 176 g/mol. The van der Waals surface area contributed by atoms with Crippen LogP contribution in [0, 0.1) is 0 Å². The third-order valence-electron chi connectivity index (χ3n) is 1.92. The van der Waals surface area contributed by atoms with Crippen molar-refractivity contribution in [2.45, 2.75) is 6.42 Å². The maximum atomic E-state index is 11.2. The summed E-state index contributed by atoms with van der Waals surface area (Å²) in [5.74, 6) is 5.18. The van der Waals surface area contributed by atoms with E-state index < -0.39 is 5.97 Å². The van der Waals surface area contributed by atoms with E-state index in [2.05, 4.69) is 5.10 Å². The first-order valence-corrected chi connectivity index (χ1v) is 3.88. The number of carbonyl (C=O) groups excluding carboxylic acids is 1. The second-order valence-electron chi connectivity index (χ2n) is 2.75. The lowest BCUT2D eigenvalue weighted by atomic mass is 10.1. The second-order valence-corrected chi connectivity index (χ2v) is 2.75. The fraction of sp³-hybridized carbons (Fsp3) is 0.111. The normalized spacial score (nSPS) is 18.2. The van der Waals surface area contributed by atoms with Crippen molar-refractivity contribution < 1.29 is 9.53 Å². The van der Waals surface area contributed by atoms with E-state index in [4.69, 9.17) is 10.6 Å². The van der Waals surface area contributed by atoms with Crippen molar-refractivity contribution >= 4 is 11.7 Å². The highest BCUT2D eigenvalue weighted by molar-refractivity contribution is 6.38. The zero-order valence-corrected chi connectivity index (χ0v) is 6.86. The van der Waals surface area contributed by atoms with Gasteiger partial charge in [0.1, 0.15) is 11.5 Å². The summed E-state index contributed by atoms with van der Waals surface area (Å²) in [5.41, 5.74) is 1.20. The third-order valence-corrected chi connectivity index (χ3v) is 1.92. The number of benzene rings is 1. The van der Waals surface area contributed by atoms with Crippen LogP contribution in [0.4, 0.5) is 0 Å². The molecule has 4 heteroatoms. The van der Waals surface area contributed by atoms with E-state index in [1.807, 2.05) is 18.2 Å². The van der Waals surface area contributed by atoms with E-state index in [-0.39, 0.29) is 5.71 Å². The Bertz CT molecular complexity index is 385. The molecule has 0 saturated carbocycles. The van der Waals surface area contributed by atoms with Gasteiger partial charge in [0.25, 0.3) is 0 Å². The second kappa shape index (κ2) is 2.90. The van der Waals surface area contributed by atoms with Crippen molar-refractivity contribution in [3.8, 4) is 5.75 Å². The van der Waals surface area contributed by atoms with Gasteiger partial charge in [0.15, 0.2) is 0 Å². The van der Waals surface area contributed by atoms with Crippen molar-refractivity contribution in [1.29, 1.82) is 0 Å². The summed E-state index contributed by atoms with van der Waals surface area (Å²) >= 11 is 0. The lowest BCUT2D eigenvalue weighted by molar-refractivity contribution is -0.127. The number of hydrazone groups is 1. The number of rotatable bonds is 0. The van der Waals surface area contributed by atoms with E-state index in [0.29, 0.717) is 12.2 Å². The molecular formula is C9H8N2O2. The van der Waals surface area contributed by atoms with Gasteiger partial charge in [0.05, 0.1) is 0 Å². The maximum absolute atomic E-state index is 11.2. The van der Waals surface area contributed by atoms with Crippen LogP contribution in [0.2, 0.25) is 0 Å². The monoisotopic (exact) mass is 176 g/mol. The molecule has 0 aromatic heterocycles. The van der Waals surface area contributed by atoms with Gasteiger partial charge in [-0.3, -0.25) is 0 Å². The Morgan fingerprint density at radius 3 is 2.92 bits per heavy atom. The molecule has 1 aromatic rings. The van der Waals surface area contributed by atoms with E-state index >= 15 is 0 Å². The minimum Gasteiger partial charge on any atom is -0.422 e. The lowest BCUT2D eigenvalue weighted by Crippen LogP contribution is -2.28. The number of esters is 1. The van der Waals surface area contributed by atoms with Gasteiger partial charge in [-0.2, -0.15) is 5.10 Å². The van der Waals surface area contributed by atoms with Gasteiger partial charge >= 0.3 is 5.97 Å². The molecule has 1 aliphatic heterocycles. The quantitative estimate of drug-likeness (QED) is 0.270. The Morgan fingerprint density at radius 2 is 2.15 bits per heavy atom. The van der Waals surface area contributed by atoms with E-state index in [9.17, 15) is 4.79 Å². The van der Waals surface area contributed by atoms with E-state index in [1.165, 1.54) is 0 Å². The molecule has 0 radical (unpaired) electrons. The number of carbonyl (C=O) groups is 1. The molecule has 0 spiro atoms. The number of ether oxygens (including phenoxy) is 1. The van der Waals surface area contributed by atoms with Gasteiger partial charge in [-0.05, 0) is 6.07 Å². The molecule has 4 nitrogen and oxygen atoms in total. The molecule has 2 rings (SSSR count). The number of nitrogens with zero attached hydrogens (tertiary/aromatic N) is 1. The molecule has 0 aliphatic carbocycles. The van der Waals surface area contributed by atoms with Crippen LogP contribution in [-0.4, -0.2) is 11.7 Å². The van der Waals surface area contributed by atoms with Gasteiger partial charge < -0.3 is 10.6 Å². The minimum absolute atomic E-state index is 0.263. The fourth-order valence-corrected chi connectivity index (χ4v) is 1.26. The van der Waals surface area contributed by atoms with Crippen molar-refractivity contribution in [2.75, 3.05) is 0 Å². The van der Waals surface area contributed by atoms with Gasteiger partial charge in [-0.15, -0.1) is 0 Å². The van der Waals surface area contributed by atoms with Crippen LogP contribution in [0.25, 0.3) is 0 Å². The number of fused-ring (bicyclic) bond motifs is 1. The largest absolute Gasteiger partial charge is 0.422 e. The van der Waals surface area contributed by atoms with Gasteiger partial charge in [-0.1, -0.05) is 18.2 Å². The highest BCUT2D eigenvalue weighted by atomic mass is 16.5.